The first-order valence-corrected chi connectivity index (χ1v) is 18.7. The number of likely N-dealkylation sites (N-methyl/N-ethyl adjacent to an activating group) is 1. The van der Waals surface area contributed by atoms with Gasteiger partial charge in [0.15, 0.2) is 11.5 Å². The van der Waals surface area contributed by atoms with Crippen molar-refractivity contribution in [3.63, 3.8) is 0 Å². The Morgan fingerprint density at radius 1 is 1.18 bits per heavy atom. The molecule has 14 heteroatoms. The van der Waals surface area contributed by atoms with Gasteiger partial charge in [0, 0.05) is 57.0 Å². The van der Waals surface area contributed by atoms with Gasteiger partial charge in [0.1, 0.15) is 34.6 Å². The predicted molar refractivity (Wildman–Crippen MR) is 195 cm³/mol. The van der Waals surface area contributed by atoms with Crippen LogP contribution in [-0.4, -0.2) is 107 Å². The SMILES string of the molecule is C[C@H](Oc1cc(OC2CCN(C(=O)OC(C)(C)C)CC2)nc(-c2cc([C@@]3(C)CCCc4sc(N=CN(C)C)c(C#N)c43)on2)n1)[C@@H]1CCCN1C. The van der Waals surface area contributed by atoms with Crippen LogP contribution in [0.25, 0.3) is 11.5 Å². The molecule has 2 saturated heterocycles. The van der Waals surface area contributed by atoms with E-state index in [1.54, 1.807) is 28.6 Å². The number of amides is 1. The van der Waals surface area contributed by atoms with Gasteiger partial charge in [-0.3, -0.25) is 4.90 Å². The average Bonchev–Trinajstić information content (AvgIpc) is 3.82. The van der Waals surface area contributed by atoms with Gasteiger partial charge in [-0.25, -0.2) is 9.79 Å². The Balaban J connectivity index is 1.28. The molecule has 0 spiro atoms. The summed E-state index contributed by atoms with van der Waals surface area (Å²) in [6.07, 6.45) is 7.23. The molecule has 6 rings (SSSR count). The van der Waals surface area contributed by atoms with Crippen LogP contribution in [0.15, 0.2) is 21.6 Å². The molecule has 2 fully saturated rings. The summed E-state index contributed by atoms with van der Waals surface area (Å²) in [7, 11) is 5.94. The number of nitrogens with zero attached hydrogens (tertiary/aromatic N) is 8. The second-order valence-electron chi connectivity index (χ2n) is 15.3. The van der Waals surface area contributed by atoms with Gasteiger partial charge in [-0.2, -0.15) is 15.2 Å². The Bertz CT molecular complexity index is 1780. The number of nitriles is 1. The Kier molecular flexibility index (Phi) is 10.6. The first-order chi connectivity index (χ1) is 24.2. The van der Waals surface area contributed by atoms with Gasteiger partial charge >= 0.3 is 6.09 Å². The van der Waals surface area contributed by atoms with E-state index in [0.717, 1.165) is 49.1 Å². The van der Waals surface area contributed by atoms with Gasteiger partial charge in [-0.15, -0.1) is 11.3 Å². The summed E-state index contributed by atoms with van der Waals surface area (Å²) in [6.45, 7) is 11.9. The van der Waals surface area contributed by atoms with Crippen molar-refractivity contribution in [1.82, 2.24) is 29.8 Å². The molecule has 51 heavy (non-hydrogen) atoms. The fourth-order valence-electron chi connectivity index (χ4n) is 7.29. The van der Waals surface area contributed by atoms with Crippen molar-refractivity contribution in [3.05, 3.63) is 33.9 Å². The number of rotatable bonds is 9. The number of aliphatic imine (C=N–C) groups is 1. The van der Waals surface area contributed by atoms with E-state index < -0.39 is 11.0 Å². The van der Waals surface area contributed by atoms with Crippen molar-refractivity contribution in [2.24, 2.45) is 4.99 Å². The van der Waals surface area contributed by atoms with E-state index in [1.807, 2.05) is 45.8 Å². The summed E-state index contributed by atoms with van der Waals surface area (Å²) < 4.78 is 24.6. The second-order valence-corrected chi connectivity index (χ2v) is 16.4. The first-order valence-electron chi connectivity index (χ1n) is 17.9. The number of carbonyl (C=O) groups excluding carboxylic acids is 1. The lowest BCUT2D eigenvalue weighted by molar-refractivity contribution is 0.0123. The van der Waals surface area contributed by atoms with Gasteiger partial charge in [-0.05, 0) is 85.9 Å². The minimum atomic E-state index is -0.580. The third-order valence-corrected chi connectivity index (χ3v) is 11.0. The van der Waals surface area contributed by atoms with Crippen LogP contribution in [0.5, 0.6) is 11.8 Å². The molecule has 3 aromatic rings. The quantitative estimate of drug-likeness (QED) is 0.175. The molecule has 5 heterocycles. The van der Waals surface area contributed by atoms with E-state index in [9.17, 15) is 10.1 Å². The number of hydrogen-bond donors (Lipinski definition) is 0. The van der Waals surface area contributed by atoms with Crippen molar-refractivity contribution in [1.29, 1.82) is 5.26 Å². The van der Waals surface area contributed by atoms with Gasteiger partial charge in [0.05, 0.1) is 23.4 Å². The van der Waals surface area contributed by atoms with Crippen LogP contribution in [0.3, 0.4) is 0 Å². The number of aryl methyl sites for hydroxylation is 1. The molecule has 3 aliphatic rings. The maximum Gasteiger partial charge on any atom is 0.410 e. The van der Waals surface area contributed by atoms with E-state index in [4.69, 9.17) is 28.7 Å². The van der Waals surface area contributed by atoms with Crippen molar-refractivity contribution in [2.75, 3.05) is 40.8 Å². The van der Waals surface area contributed by atoms with Crippen LogP contribution in [0.4, 0.5) is 9.80 Å². The van der Waals surface area contributed by atoms with Crippen molar-refractivity contribution >= 4 is 28.8 Å². The third kappa shape index (κ3) is 8.15. The number of ether oxygens (including phenoxy) is 3. The highest BCUT2D eigenvalue weighted by Gasteiger charge is 2.42. The smallest absolute Gasteiger partial charge is 0.410 e. The molecule has 0 bridgehead atoms. The zero-order valence-corrected chi connectivity index (χ0v) is 31.9. The summed E-state index contributed by atoms with van der Waals surface area (Å²) in [5.74, 6) is 1.75. The summed E-state index contributed by atoms with van der Waals surface area (Å²) in [5.41, 5.74) is 0.872. The lowest BCUT2D eigenvalue weighted by Gasteiger charge is -2.33. The fraction of sp³-hybridized carbons (Fsp3) is 0.622. The van der Waals surface area contributed by atoms with E-state index in [2.05, 4.69) is 42.0 Å². The molecular formula is C37H50N8O5S. The highest BCUT2D eigenvalue weighted by molar-refractivity contribution is 7.16. The molecule has 3 atom stereocenters. The summed E-state index contributed by atoms with van der Waals surface area (Å²) in [5, 5.41) is 15.5. The Labute approximate surface area is 304 Å². The van der Waals surface area contributed by atoms with E-state index >= 15 is 0 Å². The fourth-order valence-corrected chi connectivity index (χ4v) is 8.55. The molecule has 274 valence electrons. The lowest BCUT2D eigenvalue weighted by Crippen LogP contribution is -2.44. The first kappa shape index (κ1) is 36.6. The molecule has 2 aliphatic heterocycles. The van der Waals surface area contributed by atoms with Gasteiger partial charge in [0.2, 0.25) is 11.8 Å². The molecule has 1 aliphatic carbocycles. The number of aromatic nitrogens is 3. The van der Waals surface area contributed by atoms with E-state index in [0.29, 0.717) is 65.5 Å². The lowest BCUT2D eigenvalue weighted by atomic mass is 9.71. The van der Waals surface area contributed by atoms with Gasteiger partial charge in [-0.1, -0.05) is 5.16 Å². The second kappa shape index (κ2) is 14.8. The van der Waals surface area contributed by atoms with Gasteiger partial charge in [0.25, 0.3) is 0 Å². The molecule has 0 N–H and O–H groups in total. The van der Waals surface area contributed by atoms with Crippen LogP contribution in [0, 0.1) is 11.3 Å². The minimum absolute atomic E-state index is 0.107. The molecule has 0 saturated carbocycles. The van der Waals surface area contributed by atoms with Crippen LogP contribution in [0.2, 0.25) is 0 Å². The number of hydrogen-bond acceptors (Lipinski definition) is 12. The zero-order chi connectivity index (χ0) is 36.5. The maximum atomic E-state index is 12.6. The third-order valence-electron chi connectivity index (χ3n) is 9.88. The number of thiophene rings is 1. The standard InChI is InChI=1S/C37H50N8O5S/c1-23(27-11-10-16-44(27)8)47-30-20-31(48-24-13-17-45(18-14-24)35(46)49-36(2,3)4)41-33(40-30)26-19-29(50-42-26)37(5)15-9-12-28-32(37)25(21-38)34(51-28)39-22-43(6)7/h19-20,22-24,27H,9-18H2,1-8H3/t23-,27-,37+/m0/s1. The van der Waals surface area contributed by atoms with Crippen LogP contribution in [-0.2, 0) is 16.6 Å². The normalized spacial score (nSPS) is 22.1. The molecular weight excluding hydrogens is 669 g/mol. The highest BCUT2D eigenvalue weighted by atomic mass is 32.1. The number of likely N-dealkylation sites (tertiary alicyclic amines) is 2. The number of piperidine rings is 1. The van der Waals surface area contributed by atoms with E-state index in [-0.39, 0.29) is 24.3 Å². The Morgan fingerprint density at radius 2 is 1.92 bits per heavy atom. The Hall–Kier alpha value is -4.22. The largest absolute Gasteiger partial charge is 0.474 e. The van der Waals surface area contributed by atoms with Crippen molar-refractivity contribution in [3.8, 4) is 29.3 Å². The van der Waals surface area contributed by atoms with Crippen molar-refractivity contribution < 1.29 is 23.5 Å². The van der Waals surface area contributed by atoms with Crippen molar-refractivity contribution in [2.45, 2.75) is 109 Å². The summed E-state index contributed by atoms with van der Waals surface area (Å²) >= 11 is 1.57. The predicted octanol–water partition coefficient (Wildman–Crippen LogP) is 6.57. The molecule has 0 radical (unpaired) electrons. The maximum absolute atomic E-state index is 12.6. The molecule has 13 nitrogen and oxygen atoms in total. The molecule has 3 aromatic heterocycles. The summed E-state index contributed by atoms with van der Waals surface area (Å²) in [4.78, 5) is 33.9. The summed E-state index contributed by atoms with van der Waals surface area (Å²) in [6, 6.07) is 6.33. The number of carbonyl (C=O) groups is 1. The van der Waals surface area contributed by atoms with Crippen LogP contribution >= 0.6 is 11.3 Å². The van der Waals surface area contributed by atoms with Crippen LogP contribution < -0.4 is 9.47 Å². The monoisotopic (exact) mass is 718 g/mol. The van der Waals surface area contributed by atoms with Crippen LogP contribution in [0.1, 0.15) is 94.9 Å². The zero-order valence-electron chi connectivity index (χ0n) is 31.1. The topological polar surface area (TPSA) is 142 Å². The van der Waals surface area contributed by atoms with E-state index in [1.165, 1.54) is 0 Å². The minimum Gasteiger partial charge on any atom is -0.474 e. The number of fused-ring (bicyclic) bond motifs is 1. The highest BCUT2D eigenvalue weighted by Crippen LogP contribution is 2.50. The molecule has 0 aromatic carbocycles. The molecule has 0 unspecified atom stereocenters. The molecule has 1 amide bonds. The average molecular weight is 719 g/mol. The Morgan fingerprint density at radius 3 is 2.59 bits per heavy atom. The van der Waals surface area contributed by atoms with Gasteiger partial charge < -0.3 is 28.5 Å².